The minimum absolute atomic E-state index is 0.000171. The minimum Gasteiger partial charge on any atom is -0.493 e. The van der Waals surface area contributed by atoms with Crippen molar-refractivity contribution in [1.29, 1.82) is 0 Å². The van der Waals surface area contributed by atoms with Crippen LogP contribution in [0.25, 0.3) is 0 Å². The summed E-state index contributed by atoms with van der Waals surface area (Å²) in [5.74, 6) is -0.723. The molecule has 0 saturated heterocycles. The van der Waals surface area contributed by atoms with Gasteiger partial charge in [0.05, 0.1) is 7.11 Å². The standard InChI is InChI=1S/C16H14ClF2N3O3S/c1-24-13-8-9(2-7-12(13)25-15(18)19)14(23)21-22-16(26)20-11-5-3-10(17)4-6-11/h2-8,15H,1H3,(H,21,23)(H2,20,22,26). The number of ether oxygens (including phenoxy) is 2. The summed E-state index contributed by atoms with van der Waals surface area (Å²) in [6.45, 7) is -3.00. The maximum absolute atomic E-state index is 12.3. The molecular weight excluding hydrogens is 388 g/mol. The predicted molar refractivity (Wildman–Crippen MR) is 97.9 cm³/mol. The third-order valence-corrected chi connectivity index (χ3v) is 3.49. The highest BCUT2D eigenvalue weighted by molar-refractivity contribution is 7.80. The quantitative estimate of drug-likeness (QED) is 0.525. The van der Waals surface area contributed by atoms with Crippen LogP contribution in [0.1, 0.15) is 10.4 Å². The van der Waals surface area contributed by atoms with Gasteiger partial charge in [-0.05, 0) is 54.7 Å². The third-order valence-electron chi connectivity index (χ3n) is 3.03. The van der Waals surface area contributed by atoms with Crippen molar-refractivity contribution in [2.45, 2.75) is 6.61 Å². The minimum atomic E-state index is -3.00. The number of carbonyl (C=O) groups is 1. The number of halogens is 3. The Morgan fingerprint density at radius 3 is 2.42 bits per heavy atom. The first-order valence-electron chi connectivity index (χ1n) is 7.15. The lowest BCUT2D eigenvalue weighted by Crippen LogP contribution is -2.43. The summed E-state index contributed by atoms with van der Waals surface area (Å²) >= 11 is 10.8. The maximum Gasteiger partial charge on any atom is 0.387 e. The number of anilines is 1. The summed E-state index contributed by atoms with van der Waals surface area (Å²) in [4.78, 5) is 12.1. The molecule has 0 atom stereocenters. The molecule has 2 aromatic carbocycles. The summed E-state index contributed by atoms with van der Waals surface area (Å²) in [6.07, 6.45) is 0. The molecule has 0 heterocycles. The Bertz CT molecular complexity index is 791. The van der Waals surface area contributed by atoms with Crippen LogP contribution in [0.3, 0.4) is 0 Å². The average Bonchev–Trinajstić information content (AvgIpc) is 2.61. The number of benzene rings is 2. The van der Waals surface area contributed by atoms with E-state index in [0.29, 0.717) is 10.7 Å². The monoisotopic (exact) mass is 401 g/mol. The van der Waals surface area contributed by atoms with Gasteiger partial charge in [-0.25, -0.2) is 0 Å². The van der Waals surface area contributed by atoms with Gasteiger partial charge in [0.2, 0.25) is 0 Å². The topological polar surface area (TPSA) is 71.6 Å². The van der Waals surface area contributed by atoms with Gasteiger partial charge in [0.15, 0.2) is 16.6 Å². The first kappa shape index (κ1) is 19.7. The molecule has 0 aliphatic carbocycles. The highest BCUT2D eigenvalue weighted by Crippen LogP contribution is 2.29. The van der Waals surface area contributed by atoms with Gasteiger partial charge in [0, 0.05) is 16.3 Å². The van der Waals surface area contributed by atoms with Crippen molar-refractivity contribution in [3.05, 3.63) is 53.1 Å². The Morgan fingerprint density at radius 2 is 1.81 bits per heavy atom. The van der Waals surface area contributed by atoms with Gasteiger partial charge in [-0.2, -0.15) is 8.78 Å². The van der Waals surface area contributed by atoms with Crippen LogP contribution in [0, 0.1) is 0 Å². The molecule has 0 spiro atoms. The normalized spacial score (nSPS) is 10.2. The van der Waals surface area contributed by atoms with Crippen LogP contribution in [0.4, 0.5) is 14.5 Å². The molecule has 0 aliphatic rings. The van der Waals surface area contributed by atoms with Gasteiger partial charge in [-0.15, -0.1) is 0 Å². The number of alkyl halides is 2. The molecule has 2 rings (SSSR count). The van der Waals surface area contributed by atoms with Crippen molar-refractivity contribution in [2.24, 2.45) is 0 Å². The van der Waals surface area contributed by atoms with E-state index in [0.717, 1.165) is 0 Å². The Hall–Kier alpha value is -2.65. The summed E-state index contributed by atoms with van der Waals surface area (Å²) in [7, 11) is 1.28. The molecule has 0 unspecified atom stereocenters. The lowest BCUT2D eigenvalue weighted by molar-refractivity contribution is -0.0512. The first-order valence-corrected chi connectivity index (χ1v) is 7.93. The number of hydrazine groups is 1. The van der Waals surface area contributed by atoms with E-state index in [1.807, 2.05) is 0 Å². The van der Waals surface area contributed by atoms with Crippen LogP contribution in [-0.2, 0) is 0 Å². The second-order valence-electron chi connectivity index (χ2n) is 4.78. The molecule has 3 N–H and O–H groups in total. The smallest absolute Gasteiger partial charge is 0.387 e. The van der Waals surface area contributed by atoms with Crippen LogP contribution in [-0.4, -0.2) is 24.7 Å². The summed E-state index contributed by atoms with van der Waals surface area (Å²) < 4.78 is 33.9. The van der Waals surface area contributed by atoms with Crippen molar-refractivity contribution in [2.75, 3.05) is 12.4 Å². The fourth-order valence-corrected chi connectivity index (χ4v) is 2.18. The zero-order valence-electron chi connectivity index (χ0n) is 13.4. The molecule has 0 saturated carbocycles. The zero-order chi connectivity index (χ0) is 19.1. The molecule has 10 heteroatoms. The van der Waals surface area contributed by atoms with Crippen molar-refractivity contribution in [1.82, 2.24) is 10.9 Å². The number of carbonyl (C=O) groups excluding carboxylic acids is 1. The summed E-state index contributed by atoms with van der Waals surface area (Å²) in [5, 5.41) is 3.57. The van der Waals surface area contributed by atoms with Crippen molar-refractivity contribution in [3.63, 3.8) is 0 Å². The zero-order valence-corrected chi connectivity index (χ0v) is 15.0. The Kier molecular flexibility index (Phi) is 6.93. The number of nitrogens with one attached hydrogen (secondary N) is 3. The number of hydrogen-bond donors (Lipinski definition) is 3. The molecule has 138 valence electrons. The van der Waals surface area contributed by atoms with E-state index in [2.05, 4.69) is 20.9 Å². The number of thiocarbonyl (C=S) groups is 1. The molecular formula is C16H14ClF2N3O3S. The van der Waals surface area contributed by atoms with Gasteiger partial charge in [-0.3, -0.25) is 15.6 Å². The van der Waals surface area contributed by atoms with E-state index >= 15 is 0 Å². The lowest BCUT2D eigenvalue weighted by Gasteiger charge is -2.13. The summed E-state index contributed by atoms with van der Waals surface area (Å²) in [6, 6.07) is 10.6. The molecule has 1 amide bonds. The van der Waals surface area contributed by atoms with E-state index in [-0.39, 0.29) is 22.2 Å². The van der Waals surface area contributed by atoms with Crippen LogP contribution >= 0.6 is 23.8 Å². The van der Waals surface area contributed by atoms with Crippen LogP contribution < -0.4 is 25.6 Å². The molecule has 0 fully saturated rings. The highest BCUT2D eigenvalue weighted by atomic mass is 35.5. The SMILES string of the molecule is COc1cc(C(=O)NNC(=S)Nc2ccc(Cl)cc2)ccc1OC(F)F. The van der Waals surface area contributed by atoms with Crippen LogP contribution in [0.15, 0.2) is 42.5 Å². The Morgan fingerprint density at radius 1 is 1.12 bits per heavy atom. The van der Waals surface area contributed by atoms with Gasteiger partial charge in [0.25, 0.3) is 5.91 Å². The van der Waals surface area contributed by atoms with E-state index in [9.17, 15) is 13.6 Å². The molecule has 0 aromatic heterocycles. The van der Waals surface area contributed by atoms with Gasteiger partial charge in [0.1, 0.15) is 0 Å². The number of methoxy groups -OCH3 is 1. The largest absolute Gasteiger partial charge is 0.493 e. The molecule has 0 bridgehead atoms. The molecule has 26 heavy (non-hydrogen) atoms. The fraction of sp³-hybridized carbons (Fsp3) is 0.125. The average molecular weight is 402 g/mol. The van der Waals surface area contributed by atoms with Crippen molar-refractivity contribution >= 4 is 40.5 Å². The fourth-order valence-electron chi connectivity index (χ4n) is 1.88. The van der Waals surface area contributed by atoms with E-state index in [1.165, 1.54) is 25.3 Å². The number of amides is 1. The first-order chi connectivity index (χ1) is 12.4. The third kappa shape index (κ3) is 5.71. The molecule has 0 radical (unpaired) electrons. The van der Waals surface area contributed by atoms with E-state index in [4.69, 9.17) is 28.6 Å². The predicted octanol–water partition coefficient (Wildman–Crippen LogP) is 3.58. The van der Waals surface area contributed by atoms with Crippen molar-refractivity contribution < 1.29 is 23.0 Å². The van der Waals surface area contributed by atoms with Gasteiger partial charge in [-0.1, -0.05) is 11.6 Å². The Balaban J connectivity index is 1.94. The number of hydrogen-bond acceptors (Lipinski definition) is 4. The van der Waals surface area contributed by atoms with Crippen LogP contribution in [0.5, 0.6) is 11.5 Å². The number of rotatable bonds is 5. The van der Waals surface area contributed by atoms with E-state index < -0.39 is 12.5 Å². The van der Waals surface area contributed by atoms with Crippen LogP contribution in [0.2, 0.25) is 5.02 Å². The van der Waals surface area contributed by atoms with Gasteiger partial charge >= 0.3 is 6.61 Å². The lowest BCUT2D eigenvalue weighted by atomic mass is 10.2. The highest BCUT2D eigenvalue weighted by Gasteiger charge is 2.14. The van der Waals surface area contributed by atoms with Gasteiger partial charge < -0.3 is 14.8 Å². The summed E-state index contributed by atoms with van der Waals surface area (Å²) in [5.41, 5.74) is 5.74. The molecule has 2 aromatic rings. The van der Waals surface area contributed by atoms with E-state index in [1.54, 1.807) is 24.3 Å². The molecule has 6 nitrogen and oxygen atoms in total. The van der Waals surface area contributed by atoms with Crippen molar-refractivity contribution in [3.8, 4) is 11.5 Å². The second kappa shape index (κ2) is 9.16. The Labute approximate surface area is 158 Å². The second-order valence-corrected chi connectivity index (χ2v) is 5.63. The maximum atomic E-state index is 12.3. The molecule has 0 aliphatic heterocycles.